The summed E-state index contributed by atoms with van der Waals surface area (Å²) in [7, 11) is -1.58. The molecule has 222 valence electrons. The van der Waals surface area contributed by atoms with E-state index in [9.17, 15) is 0 Å². The fourth-order valence-corrected chi connectivity index (χ4v) is 15.3. The van der Waals surface area contributed by atoms with E-state index in [1.807, 2.05) is 0 Å². The molecule has 0 aliphatic heterocycles. The molecule has 0 bridgehead atoms. The van der Waals surface area contributed by atoms with Crippen LogP contribution in [0, 0.1) is 0 Å². The van der Waals surface area contributed by atoms with Crippen molar-refractivity contribution in [1.82, 2.24) is 0 Å². The second kappa shape index (κ2) is 12.8. The predicted molar refractivity (Wildman–Crippen MR) is 207 cm³/mol. The molecule has 0 radical (unpaired) electrons. The van der Waals surface area contributed by atoms with Gasteiger partial charge in [-0.1, -0.05) is 183 Å². The first-order valence-corrected chi connectivity index (χ1v) is 19.1. The maximum atomic E-state index is 2.44. The van der Waals surface area contributed by atoms with E-state index in [2.05, 4.69) is 177 Å². The Kier molecular flexibility index (Phi) is 8.10. The minimum absolute atomic E-state index is 0.420. The van der Waals surface area contributed by atoms with Crippen LogP contribution >= 0.6 is 15.8 Å². The number of benzene rings is 8. The quantitative estimate of drug-likeness (QED) is 0.147. The highest BCUT2D eigenvalue weighted by molar-refractivity contribution is 7.90. The highest BCUT2D eigenvalue weighted by Crippen LogP contribution is 2.60. The number of hydrogen-bond donors (Lipinski definition) is 0. The summed E-state index contributed by atoms with van der Waals surface area (Å²) in [6.07, 6.45) is 2.28. The average Bonchev–Trinajstić information content (AvgIpc) is 3.12. The van der Waals surface area contributed by atoms with Gasteiger partial charge in [0.25, 0.3) is 0 Å². The summed E-state index contributed by atoms with van der Waals surface area (Å²) in [5.74, 6) is 0. The number of rotatable bonds is 8. The normalized spacial score (nSPS) is 11.9. The van der Waals surface area contributed by atoms with Crippen LogP contribution in [0.3, 0.4) is 0 Å². The lowest BCUT2D eigenvalue weighted by Gasteiger charge is -2.38. The van der Waals surface area contributed by atoms with Gasteiger partial charge in [0.05, 0.1) is 0 Å². The summed E-state index contributed by atoms with van der Waals surface area (Å²) >= 11 is 0. The van der Waals surface area contributed by atoms with Crippen LogP contribution < -0.4 is 21.2 Å². The van der Waals surface area contributed by atoms with Crippen LogP contribution in [-0.2, 0) is 0 Å². The van der Waals surface area contributed by atoms with Crippen LogP contribution in [0.5, 0.6) is 0 Å². The smallest absolute Gasteiger partial charge is 0.0155 e. The molecule has 0 aliphatic carbocycles. The SMILES string of the molecule is CCCC(P(c1cccc2ccccc12)c1cccc2ccccc12)P(c1cccc2ccccc12)c1cccc2ccccc12. The summed E-state index contributed by atoms with van der Waals surface area (Å²) in [5.41, 5.74) is 0. The predicted octanol–water partition coefficient (Wildman–Crippen LogP) is 11.0. The Bertz CT molecular complexity index is 1980. The Morgan fingerprint density at radius 2 is 0.609 bits per heavy atom. The van der Waals surface area contributed by atoms with Crippen molar-refractivity contribution < 1.29 is 0 Å². The van der Waals surface area contributed by atoms with Crippen molar-refractivity contribution in [2.75, 3.05) is 0 Å². The topological polar surface area (TPSA) is 0 Å². The molecule has 0 saturated carbocycles. The van der Waals surface area contributed by atoms with Gasteiger partial charge in [0.15, 0.2) is 0 Å². The number of hydrogen-bond acceptors (Lipinski definition) is 0. The fraction of sp³-hybridized carbons (Fsp3) is 0.0909. The molecule has 0 unspecified atom stereocenters. The lowest BCUT2D eigenvalue weighted by atomic mass is 10.1. The van der Waals surface area contributed by atoms with E-state index in [1.54, 1.807) is 0 Å². The van der Waals surface area contributed by atoms with E-state index in [-0.39, 0.29) is 0 Å². The Morgan fingerprint density at radius 3 is 0.891 bits per heavy atom. The molecule has 8 aromatic carbocycles. The van der Waals surface area contributed by atoms with E-state index in [0.29, 0.717) is 5.40 Å². The van der Waals surface area contributed by atoms with Gasteiger partial charge >= 0.3 is 0 Å². The lowest BCUT2D eigenvalue weighted by molar-refractivity contribution is 0.863. The summed E-state index contributed by atoms with van der Waals surface area (Å²) in [6, 6.07) is 64.2. The zero-order valence-corrected chi connectivity index (χ0v) is 27.8. The van der Waals surface area contributed by atoms with E-state index in [4.69, 9.17) is 0 Å². The first-order valence-electron chi connectivity index (χ1n) is 16.3. The Hall–Kier alpha value is -4.34. The van der Waals surface area contributed by atoms with Crippen molar-refractivity contribution in [2.24, 2.45) is 0 Å². The van der Waals surface area contributed by atoms with Gasteiger partial charge in [-0.2, -0.15) is 0 Å². The molecule has 8 rings (SSSR count). The standard InChI is InChI=1S/C44H36P2/c1-2-15-44(45(40-28-11-20-32-16-3-7-24-36(32)40)41-29-12-21-33-17-4-8-25-37(33)41)46(42-30-13-22-34-18-5-9-26-38(34)42)43-31-14-23-35-19-6-10-27-39(35)43/h3-14,16-31,44H,2,15H2,1H3. The van der Waals surface area contributed by atoms with Crippen LogP contribution in [0.2, 0.25) is 0 Å². The third-order valence-corrected chi connectivity index (χ3v) is 16.0. The van der Waals surface area contributed by atoms with Crippen molar-refractivity contribution >= 4 is 80.2 Å². The van der Waals surface area contributed by atoms with Crippen LogP contribution in [0.25, 0.3) is 43.1 Å². The molecule has 0 aromatic heterocycles. The minimum Gasteiger partial charge on any atom is -0.0653 e. The van der Waals surface area contributed by atoms with Gasteiger partial charge in [-0.25, -0.2) is 0 Å². The van der Waals surface area contributed by atoms with E-state index >= 15 is 0 Å². The average molecular weight is 627 g/mol. The highest BCUT2D eigenvalue weighted by atomic mass is 31.2. The molecule has 0 nitrogen and oxygen atoms in total. The monoisotopic (exact) mass is 626 g/mol. The summed E-state index contributed by atoms with van der Waals surface area (Å²) in [6.45, 7) is 2.38. The van der Waals surface area contributed by atoms with Crippen LogP contribution in [0.1, 0.15) is 19.8 Å². The second-order valence-electron chi connectivity index (χ2n) is 12.0. The molecule has 0 atom stereocenters. The molecule has 0 saturated heterocycles. The Morgan fingerprint density at radius 1 is 0.348 bits per heavy atom. The second-order valence-corrected chi connectivity index (χ2v) is 17.1. The maximum absolute atomic E-state index is 2.44. The molecule has 0 spiro atoms. The summed E-state index contributed by atoms with van der Waals surface area (Å²) < 4.78 is 0. The molecule has 46 heavy (non-hydrogen) atoms. The zero-order valence-electron chi connectivity index (χ0n) is 26.1. The van der Waals surface area contributed by atoms with E-state index < -0.39 is 15.8 Å². The molecule has 0 N–H and O–H groups in total. The van der Waals surface area contributed by atoms with Gasteiger partial charge in [0.2, 0.25) is 0 Å². The molecule has 0 amide bonds. The van der Waals surface area contributed by atoms with Gasteiger partial charge in [-0.3, -0.25) is 0 Å². The van der Waals surface area contributed by atoms with Gasteiger partial charge < -0.3 is 0 Å². The van der Waals surface area contributed by atoms with Gasteiger partial charge in [0, 0.05) is 5.40 Å². The molecule has 0 aliphatic rings. The minimum atomic E-state index is -0.788. The highest BCUT2D eigenvalue weighted by Gasteiger charge is 2.36. The van der Waals surface area contributed by atoms with Crippen LogP contribution in [0.4, 0.5) is 0 Å². The van der Waals surface area contributed by atoms with Gasteiger partial charge in [-0.15, -0.1) is 0 Å². The fourth-order valence-electron chi connectivity index (χ4n) is 7.21. The van der Waals surface area contributed by atoms with E-state index in [1.165, 1.54) is 64.3 Å². The van der Waals surface area contributed by atoms with Gasteiger partial charge in [-0.05, 0) is 86.6 Å². The zero-order chi connectivity index (χ0) is 30.9. The molecule has 8 aromatic rings. The van der Waals surface area contributed by atoms with E-state index in [0.717, 1.165) is 12.8 Å². The van der Waals surface area contributed by atoms with Crippen molar-refractivity contribution in [1.29, 1.82) is 0 Å². The first kappa shape index (κ1) is 29.1. The Balaban J connectivity index is 1.49. The number of fused-ring (bicyclic) bond motifs is 4. The van der Waals surface area contributed by atoms with Crippen molar-refractivity contribution in [3.8, 4) is 0 Å². The third kappa shape index (κ3) is 5.21. The van der Waals surface area contributed by atoms with Crippen LogP contribution in [-0.4, -0.2) is 5.40 Å². The molecule has 0 heterocycles. The molecular formula is C44H36P2. The van der Waals surface area contributed by atoms with Crippen molar-refractivity contribution in [3.05, 3.63) is 170 Å². The largest absolute Gasteiger partial charge is 0.0653 e. The van der Waals surface area contributed by atoms with Crippen molar-refractivity contribution in [3.63, 3.8) is 0 Å². The summed E-state index contributed by atoms with van der Waals surface area (Å²) in [5, 5.41) is 17.2. The lowest BCUT2D eigenvalue weighted by Crippen LogP contribution is -2.29. The summed E-state index contributed by atoms with van der Waals surface area (Å²) in [4.78, 5) is 0. The molecular weight excluding hydrogens is 590 g/mol. The van der Waals surface area contributed by atoms with Gasteiger partial charge in [0.1, 0.15) is 0 Å². The molecule has 2 heteroatoms. The van der Waals surface area contributed by atoms with Crippen molar-refractivity contribution in [2.45, 2.75) is 25.2 Å². The first-order chi connectivity index (χ1) is 22.8. The Labute approximate surface area is 274 Å². The maximum Gasteiger partial charge on any atom is 0.0155 e. The molecule has 0 fully saturated rings. The van der Waals surface area contributed by atoms with Crippen LogP contribution in [0.15, 0.2) is 170 Å². The third-order valence-electron chi connectivity index (χ3n) is 9.25.